The average Bonchev–Trinajstić information content (AvgIpc) is 3.14. The summed E-state index contributed by atoms with van der Waals surface area (Å²) < 4.78 is 16.0. The van der Waals surface area contributed by atoms with Crippen LogP contribution in [0.25, 0.3) is 21.5 Å². The molecular weight excluding hydrogens is 687 g/mol. The standard InChI is InChI=1S/C22H21Cl2N3O2.C18H15NO3/c1-29-21-11-16-5-3-2-4-15(16)10-20(21)25-22(28)27-8-6-26(7-9-27)19-13-17(23)12-18(24)14-19;1-21-17-12-14-8-6-5-7-13(14)11-16(17)19-18(20)22-15-9-3-2-4-10-15/h2-5,10-14H,6-9H2,1H3,(H,25,28);2-12H,1H3,(H,19,20). The maximum Gasteiger partial charge on any atom is 0.417 e. The molecule has 0 spiro atoms. The van der Waals surface area contributed by atoms with Crippen LogP contribution in [0.15, 0.2) is 121 Å². The molecule has 2 N–H and O–H groups in total. The number of amides is 3. The van der Waals surface area contributed by atoms with E-state index < -0.39 is 6.09 Å². The van der Waals surface area contributed by atoms with Crippen LogP contribution in [-0.4, -0.2) is 57.4 Å². The van der Waals surface area contributed by atoms with Gasteiger partial charge in [-0.05, 0) is 76.1 Å². The van der Waals surface area contributed by atoms with Crippen LogP contribution in [0.3, 0.4) is 0 Å². The van der Waals surface area contributed by atoms with E-state index >= 15 is 0 Å². The Hall–Kier alpha value is -5.64. The first-order chi connectivity index (χ1) is 24.8. The molecule has 9 nitrogen and oxygen atoms in total. The summed E-state index contributed by atoms with van der Waals surface area (Å²) in [5.41, 5.74) is 2.21. The number of halogens is 2. The van der Waals surface area contributed by atoms with Crippen molar-refractivity contribution in [2.24, 2.45) is 0 Å². The molecule has 6 aromatic carbocycles. The zero-order chi connectivity index (χ0) is 35.7. The summed E-state index contributed by atoms with van der Waals surface area (Å²) in [6, 6.07) is 37.7. The van der Waals surface area contributed by atoms with E-state index in [4.69, 9.17) is 37.4 Å². The van der Waals surface area contributed by atoms with Gasteiger partial charge in [0.25, 0.3) is 0 Å². The predicted octanol–water partition coefficient (Wildman–Crippen LogP) is 9.97. The Kier molecular flexibility index (Phi) is 11.3. The first kappa shape index (κ1) is 35.2. The number of hydrogen-bond donors (Lipinski definition) is 2. The van der Waals surface area contributed by atoms with Gasteiger partial charge in [-0.15, -0.1) is 0 Å². The zero-order valence-electron chi connectivity index (χ0n) is 28.1. The van der Waals surface area contributed by atoms with Crippen molar-refractivity contribution in [3.8, 4) is 17.2 Å². The number of anilines is 3. The van der Waals surface area contributed by atoms with Crippen LogP contribution in [0.1, 0.15) is 0 Å². The maximum atomic E-state index is 12.8. The van der Waals surface area contributed by atoms with Gasteiger partial charge >= 0.3 is 12.1 Å². The fourth-order valence-corrected chi connectivity index (χ4v) is 6.30. The van der Waals surface area contributed by atoms with Crippen molar-refractivity contribution in [1.82, 2.24) is 4.90 Å². The van der Waals surface area contributed by atoms with Gasteiger partial charge in [-0.2, -0.15) is 0 Å². The molecular formula is C40H36Cl2N4O5. The van der Waals surface area contributed by atoms with Crippen molar-refractivity contribution >= 4 is 73.9 Å². The summed E-state index contributed by atoms with van der Waals surface area (Å²) in [7, 11) is 3.17. The van der Waals surface area contributed by atoms with Gasteiger partial charge in [0.1, 0.15) is 17.2 Å². The third kappa shape index (κ3) is 8.94. The summed E-state index contributed by atoms with van der Waals surface area (Å²) >= 11 is 12.2. The molecule has 51 heavy (non-hydrogen) atoms. The van der Waals surface area contributed by atoms with Gasteiger partial charge in [0, 0.05) is 41.9 Å². The Morgan fingerprint density at radius 2 is 1.06 bits per heavy atom. The number of ether oxygens (including phenoxy) is 3. The minimum Gasteiger partial charge on any atom is -0.495 e. The SMILES string of the molecule is COc1cc2ccccc2cc1NC(=O)N1CCN(c2cc(Cl)cc(Cl)c2)CC1.COc1cc2ccccc2cc1NC(=O)Oc1ccccc1. The summed E-state index contributed by atoms with van der Waals surface area (Å²) in [6.07, 6.45) is -0.556. The number of carbonyl (C=O) groups is 2. The lowest BCUT2D eigenvalue weighted by molar-refractivity contribution is 0.208. The highest BCUT2D eigenvalue weighted by atomic mass is 35.5. The Balaban J connectivity index is 0.000000183. The van der Waals surface area contributed by atoms with Crippen LogP contribution in [0.4, 0.5) is 26.7 Å². The molecule has 0 unspecified atom stereocenters. The minimum absolute atomic E-state index is 0.137. The summed E-state index contributed by atoms with van der Waals surface area (Å²) in [6.45, 7) is 2.62. The van der Waals surface area contributed by atoms with Crippen LogP contribution in [0.5, 0.6) is 17.2 Å². The van der Waals surface area contributed by atoms with Crippen molar-refractivity contribution in [3.63, 3.8) is 0 Å². The third-order valence-corrected chi connectivity index (χ3v) is 8.78. The van der Waals surface area contributed by atoms with E-state index in [-0.39, 0.29) is 6.03 Å². The quantitative estimate of drug-likeness (QED) is 0.178. The molecule has 1 saturated heterocycles. The van der Waals surface area contributed by atoms with Gasteiger partial charge in [0.05, 0.1) is 25.6 Å². The number of urea groups is 1. The van der Waals surface area contributed by atoms with Crippen LogP contribution >= 0.6 is 23.2 Å². The minimum atomic E-state index is -0.556. The highest BCUT2D eigenvalue weighted by molar-refractivity contribution is 6.35. The van der Waals surface area contributed by atoms with E-state index in [9.17, 15) is 9.59 Å². The number of rotatable bonds is 6. The summed E-state index contributed by atoms with van der Waals surface area (Å²) in [5, 5.41) is 11.1. The number of piperazine rings is 1. The molecule has 11 heteroatoms. The molecule has 0 bridgehead atoms. The lowest BCUT2D eigenvalue weighted by Crippen LogP contribution is -2.50. The van der Waals surface area contributed by atoms with E-state index in [1.165, 1.54) is 0 Å². The molecule has 0 aromatic heterocycles. The molecule has 0 aliphatic carbocycles. The second kappa shape index (κ2) is 16.4. The zero-order valence-corrected chi connectivity index (χ0v) is 29.6. The monoisotopic (exact) mass is 722 g/mol. The van der Waals surface area contributed by atoms with Gasteiger partial charge < -0.3 is 29.3 Å². The molecule has 0 atom stereocenters. The molecule has 1 fully saturated rings. The van der Waals surface area contributed by atoms with Crippen molar-refractivity contribution in [3.05, 3.63) is 131 Å². The predicted molar refractivity (Wildman–Crippen MR) is 206 cm³/mol. The number of benzene rings is 6. The Morgan fingerprint density at radius 1 is 0.588 bits per heavy atom. The second-order valence-electron chi connectivity index (χ2n) is 11.7. The summed E-state index contributed by atoms with van der Waals surface area (Å²) in [5.74, 6) is 1.72. The molecule has 3 amide bonds. The van der Waals surface area contributed by atoms with Gasteiger partial charge in [0.15, 0.2) is 0 Å². The Bertz CT molecular complexity index is 2140. The smallest absolute Gasteiger partial charge is 0.417 e. The third-order valence-electron chi connectivity index (χ3n) is 8.35. The van der Waals surface area contributed by atoms with Gasteiger partial charge in [-0.1, -0.05) is 89.9 Å². The number of hydrogen-bond acceptors (Lipinski definition) is 6. The van der Waals surface area contributed by atoms with Crippen molar-refractivity contribution in [2.45, 2.75) is 0 Å². The molecule has 1 aliphatic heterocycles. The average molecular weight is 724 g/mol. The molecule has 7 rings (SSSR count). The number of para-hydroxylation sites is 1. The van der Waals surface area contributed by atoms with Crippen LogP contribution in [0.2, 0.25) is 10.0 Å². The topological polar surface area (TPSA) is 92.4 Å². The van der Waals surface area contributed by atoms with Crippen molar-refractivity contribution in [2.75, 3.05) is 55.9 Å². The fourth-order valence-electron chi connectivity index (χ4n) is 5.79. The van der Waals surface area contributed by atoms with Crippen LogP contribution in [0, 0.1) is 0 Å². The normalized spacial score (nSPS) is 12.5. The van der Waals surface area contributed by atoms with Crippen LogP contribution < -0.4 is 29.7 Å². The fraction of sp³-hybridized carbons (Fsp3) is 0.150. The second-order valence-corrected chi connectivity index (χ2v) is 12.5. The number of nitrogens with one attached hydrogen (secondary N) is 2. The lowest BCUT2D eigenvalue weighted by atomic mass is 10.1. The number of nitrogens with zero attached hydrogens (tertiary/aromatic N) is 2. The molecule has 1 aliphatic rings. The summed E-state index contributed by atoms with van der Waals surface area (Å²) in [4.78, 5) is 28.8. The molecule has 260 valence electrons. The van der Waals surface area contributed by atoms with Crippen LogP contribution in [-0.2, 0) is 0 Å². The molecule has 0 saturated carbocycles. The number of methoxy groups -OCH3 is 2. The van der Waals surface area contributed by atoms with E-state index in [2.05, 4.69) is 15.5 Å². The van der Waals surface area contributed by atoms with E-state index in [1.807, 2.05) is 91.0 Å². The first-order valence-electron chi connectivity index (χ1n) is 16.2. The lowest BCUT2D eigenvalue weighted by Gasteiger charge is -2.36. The van der Waals surface area contributed by atoms with E-state index in [1.54, 1.807) is 49.5 Å². The maximum absolute atomic E-state index is 12.8. The van der Waals surface area contributed by atoms with Gasteiger partial charge in [-0.3, -0.25) is 5.32 Å². The first-order valence-corrected chi connectivity index (χ1v) is 17.0. The van der Waals surface area contributed by atoms with Gasteiger partial charge in [-0.25, -0.2) is 9.59 Å². The van der Waals surface area contributed by atoms with Crippen molar-refractivity contribution in [1.29, 1.82) is 0 Å². The Labute approximate surface area is 306 Å². The van der Waals surface area contributed by atoms with E-state index in [0.29, 0.717) is 64.8 Å². The highest BCUT2D eigenvalue weighted by Crippen LogP contribution is 2.32. The Morgan fingerprint density at radius 3 is 1.57 bits per heavy atom. The number of fused-ring (bicyclic) bond motifs is 2. The van der Waals surface area contributed by atoms with Gasteiger partial charge in [0.2, 0.25) is 0 Å². The van der Waals surface area contributed by atoms with E-state index in [0.717, 1.165) is 27.2 Å². The molecule has 1 heterocycles. The molecule has 0 radical (unpaired) electrons. The number of carbonyl (C=O) groups excluding carboxylic acids is 2. The molecule has 6 aromatic rings. The largest absolute Gasteiger partial charge is 0.495 e. The van der Waals surface area contributed by atoms with Crippen molar-refractivity contribution < 1.29 is 23.8 Å². The highest BCUT2D eigenvalue weighted by Gasteiger charge is 2.23.